The maximum atomic E-state index is 12.3. The minimum absolute atomic E-state index is 0.264. The molecule has 4 heteroatoms. The zero-order chi connectivity index (χ0) is 15.0. The minimum atomic E-state index is -0.467. The van der Waals surface area contributed by atoms with Crippen LogP contribution in [0.4, 0.5) is 4.79 Å². The van der Waals surface area contributed by atoms with Crippen LogP contribution < -0.4 is 4.74 Å². The largest absolute Gasteiger partial charge is 0.491 e. The van der Waals surface area contributed by atoms with Crippen LogP contribution in [0.25, 0.3) is 0 Å². The Labute approximate surface area is 126 Å². The fraction of sp³-hybridized carbons (Fsp3) is 0.588. The molecule has 0 aromatic heterocycles. The molecule has 1 aliphatic carbocycles. The third-order valence-electron chi connectivity index (χ3n) is 3.91. The molecule has 3 rings (SSSR count). The monoisotopic (exact) mass is 289 g/mol. The van der Waals surface area contributed by atoms with Gasteiger partial charge in [0.15, 0.2) is 0 Å². The van der Waals surface area contributed by atoms with Crippen molar-refractivity contribution in [3.05, 3.63) is 28.8 Å². The summed E-state index contributed by atoms with van der Waals surface area (Å²) in [6.07, 6.45) is 3.23. The SMILES string of the molecule is CC(C)(C)OC(=O)N1CCOc2cc3c(cc2C1)CCC3. The van der Waals surface area contributed by atoms with Crippen molar-refractivity contribution < 1.29 is 14.3 Å². The molecule has 0 saturated carbocycles. The van der Waals surface area contributed by atoms with Crippen molar-refractivity contribution in [2.75, 3.05) is 13.2 Å². The van der Waals surface area contributed by atoms with Gasteiger partial charge in [-0.15, -0.1) is 0 Å². The molecule has 0 radical (unpaired) electrons. The van der Waals surface area contributed by atoms with Gasteiger partial charge >= 0.3 is 6.09 Å². The molecule has 0 N–H and O–H groups in total. The molecule has 4 nitrogen and oxygen atoms in total. The predicted octanol–water partition coefficient (Wildman–Crippen LogP) is 3.30. The van der Waals surface area contributed by atoms with Gasteiger partial charge in [-0.25, -0.2) is 4.79 Å². The number of aryl methyl sites for hydroxylation is 2. The standard InChI is InChI=1S/C17H23NO3/c1-17(2,3)21-16(19)18-7-8-20-15-10-13-6-4-5-12(13)9-14(15)11-18/h9-10H,4-8,11H2,1-3H3. The third kappa shape index (κ3) is 3.14. The first-order chi connectivity index (χ1) is 9.92. The fourth-order valence-corrected chi connectivity index (χ4v) is 2.94. The van der Waals surface area contributed by atoms with Crippen molar-refractivity contribution in [1.29, 1.82) is 0 Å². The number of ether oxygens (including phenoxy) is 2. The van der Waals surface area contributed by atoms with Crippen molar-refractivity contribution in [2.24, 2.45) is 0 Å². The molecular formula is C17H23NO3. The lowest BCUT2D eigenvalue weighted by molar-refractivity contribution is 0.0225. The molecule has 1 aliphatic heterocycles. The van der Waals surface area contributed by atoms with Gasteiger partial charge in [0.25, 0.3) is 0 Å². The highest BCUT2D eigenvalue weighted by atomic mass is 16.6. The van der Waals surface area contributed by atoms with E-state index < -0.39 is 5.60 Å². The van der Waals surface area contributed by atoms with E-state index >= 15 is 0 Å². The van der Waals surface area contributed by atoms with Gasteiger partial charge in [0.05, 0.1) is 13.1 Å². The lowest BCUT2D eigenvalue weighted by Crippen LogP contribution is -2.37. The minimum Gasteiger partial charge on any atom is -0.491 e. The molecular weight excluding hydrogens is 266 g/mol. The molecule has 0 fully saturated rings. The zero-order valence-electron chi connectivity index (χ0n) is 13.1. The average Bonchev–Trinajstić information content (AvgIpc) is 2.71. The first-order valence-electron chi connectivity index (χ1n) is 7.68. The van der Waals surface area contributed by atoms with Crippen LogP contribution >= 0.6 is 0 Å². The van der Waals surface area contributed by atoms with E-state index in [1.165, 1.54) is 17.5 Å². The van der Waals surface area contributed by atoms with Crippen molar-refractivity contribution in [3.8, 4) is 5.75 Å². The van der Waals surface area contributed by atoms with E-state index in [4.69, 9.17) is 9.47 Å². The number of benzene rings is 1. The molecule has 1 aromatic carbocycles. The quantitative estimate of drug-likeness (QED) is 0.735. The first kappa shape index (κ1) is 14.2. The number of carbonyl (C=O) groups excluding carboxylic acids is 1. The van der Waals surface area contributed by atoms with Gasteiger partial charge in [-0.1, -0.05) is 6.07 Å². The Hall–Kier alpha value is -1.71. The summed E-state index contributed by atoms with van der Waals surface area (Å²) in [7, 11) is 0. The number of hydrogen-bond acceptors (Lipinski definition) is 3. The second kappa shape index (κ2) is 5.24. The smallest absolute Gasteiger partial charge is 0.410 e. The van der Waals surface area contributed by atoms with E-state index in [2.05, 4.69) is 12.1 Å². The van der Waals surface area contributed by atoms with Crippen LogP contribution in [0.2, 0.25) is 0 Å². The van der Waals surface area contributed by atoms with E-state index in [1.807, 2.05) is 20.8 Å². The molecule has 0 unspecified atom stereocenters. The van der Waals surface area contributed by atoms with Gasteiger partial charge in [0.2, 0.25) is 0 Å². The molecule has 0 saturated heterocycles. The van der Waals surface area contributed by atoms with E-state index in [1.54, 1.807) is 4.90 Å². The number of nitrogens with zero attached hydrogens (tertiary/aromatic N) is 1. The summed E-state index contributed by atoms with van der Waals surface area (Å²) in [5.41, 5.74) is 3.44. The first-order valence-corrected chi connectivity index (χ1v) is 7.68. The Balaban J connectivity index is 1.81. The van der Waals surface area contributed by atoms with Gasteiger partial charge < -0.3 is 14.4 Å². The maximum Gasteiger partial charge on any atom is 0.410 e. The average molecular weight is 289 g/mol. The van der Waals surface area contributed by atoms with Crippen LogP contribution in [-0.4, -0.2) is 29.7 Å². The number of fused-ring (bicyclic) bond motifs is 2. The Morgan fingerprint density at radius 2 is 1.90 bits per heavy atom. The summed E-state index contributed by atoms with van der Waals surface area (Å²) in [5, 5.41) is 0. The van der Waals surface area contributed by atoms with Crippen molar-refractivity contribution in [2.45, 2.75) is 52.2 Å². The van der Waals surface area contributed by atoms with E-state index in [-0.39, 0.29) is 6.09 Å². The van der Waals surface area contributed by atoms with Crippen LogP contribution in [-0.2, 0) is 24.1 Å². The molecule has 1 amide bonds. The molecule has 0 atom stereocenters. The van der Waals surface area contributed by atoms with E-state index in [9.17, 15) is 4.79 Å². The van der Waals surface area contributed by atoms with Gasteiger partial charge in [-0.05, 0) is 57.2 Å². The molecule has 0 bridgehead atoms. The molecule has 0 spiro atoms. The van der Waals surface area contributed by atoms with Crippen LogP contribution in [0.3, 0.4) is 0 Å². The third-order valence-corrected chi connectivity index (χ3v) is 3.91. The number of rotatable bonds is 0. The molecule has 21 heavy (non-hydrogen) atoms. The van der Waals surface area contributed by atoms with Crippen molar-refractivity contribution in [1.82, 2.24) is 4.90 Å². The van der Waals surface area contributed by atoms with Crippen molar-refractivity contribution in [3.63, 3.8) is 0 Å². The number of amides is 1. The fourth-order valence-electron chi connectivity index (χ4n) is 2.94. The van der Waals surface area contributed by atoms with Crippen molar-refractivity contribution >= 4 is 6.09 Å². The second-order valence-corrected chi connectivity index (χ2v) is 6.83. The Kier molecular flexibility index (Phi) is 3.56. The van der Waals surface area contributed by atoms with Gasteiger partial charge in [-0.3, -0.25) is 0 Å². The van der Waals surface area contributed by atoms with E-state index in [0.29, 0.717) is 19.7 Å². The van der Waals surface area contributed by atoms with Crippen LogP contribution in [0.15, 0.2) is 12.1 Å². The van der Waals surface area contributed by atoms with Crippen LogP contribution in [0.5, 0.6) is 5.75 Å². The lowest BCUT2D eigenvalue weighted by Gasteiger charge is -2.26. The molecule has 114 valence electrons. The number of hydrogen-bond donors (Lipinski definition) is 0. The Morgan fingerprint density at radius 1 is 1.19 bits per heavy atom. The van der Waals surface area contributed by atoms with Gasteiger partial charge in [0, 0.05) is 5.56 Å². The highest BCUT2D eigenvalue weighted by Crippen LogP contribution is 2.32. The van der Waals surface area contributed by atoms with E-state index in [0.717, 1.165) is 24.2 Å². The maximum absolute atomic E-state index is 12.3. The van der Waals surface area contributed by atoms with Gasteiger partial charge in [0.1, 0.15) is 18.0 Å². The molecule has 1 heterocycles. The highest BCUT2D eigenvalue weighted by molar-refractivity contribution is 5.68. The second-order valence-electron chi connectivity index (χ2n) is 6.83. The lowest BCUT2D eigenvalue weighted by atomic mass is 10.0. The summed E-state index contributed by atoms with van der Waals surface area (Å²) in [6, 6.07) is 4.37. The van der Waals surface area contributed by atoms with Crippen LogP contribution in [0, 0.1) is 0 Å². The summed E-state index contributed by atoms with van der Waals surface area (Å²) < 4.78 is 11.3. The zero-order valence-corrected chi connectivity index (χ0v) is 13.1. The van der Waals surface area contributed by atoms with Crippen LogP contribution in [0.1, 0.15) is 43.9 Å². The highest BCUT2D eigenvalue weighted by Gasteiger charge is 2.26. The number of carbonyl (C=O) groups is 1. The van der Waals surface area contributed by atoms with Gasteiger partial charge in [-0.2, -0.15) is 0 Å². The predicted molar refractivity (Wildman–Crippen MR) is 80.6 cm³/mol. The molecule has 1 aromatic rings. The summed E-state index contributed by atoms with van der Waals surface area (Å²) in [4.78, 5) is 14.0. The topological polar surface area (TPSA) is 38.8 Å². The Morgan fingerprint density at radius 3 is 2.62 bits per heavy atom. The molecule has 2 aliphatic rings. The summed E-state index contributed by atoms with van der Waals surface area (Å²) >= 11 is 0. The summed E-state index contributed by atoms with van der Waals surface area (Å²) in [5.74, 6) is 0.932. The summed E-state index contributed by atoms with van der Waals surface area (Å²) in [6.45, 7) is 7.32. The normalized spacial score (nSPS) is 17.6. The Bertz CT molecular complexity index is 560.